The van der Waals surface area contributed by atoms with Crippen molar-refractivity contribution in [2.75, 3.05) is 19.4 Å². The summed E-state index contributed by atoms with van der Waals surface area (Å²) in [7, 11) is 1.35. The molecule has 0 spiro atoms. The Morgan fingerprint density at radius 1 is 1.30 bits per heavy atom. The van der Waals surface area contributed by atoms with Crippen LogP contribution in [0.3, 0.4) is 0 Å². The van der Waals surface area contributed by atoms with Gasteiger partial charge in [-0.25, -0.2) is 4.98 Å². The highest BCUT2D eigenvalue weighted by atomic mass is 32.2. The van der Waals surface area contributed by atoms with Gasteiger partial charge in [0.2, 0.25) is 5.91 Å². The quantitative estimate of drug-likeness (QED) is 0.440. The SMILES string of the molecule is COC(=O)CCCNC(=O)CSc1ncc(-c2ccccc2)[nH]1. The van der Waals surface area contributed by atoms with Crippen molar-refractivity contribution in [1.82, 2.24) is 15.3 Å². The van der Waals surface area contributed by atoms with Crippen LogP contribution in [0.4, 0.5) is 0 Å². The molecule has 6 nitrogen and oxygen atoms in total. The molecule has 122 valence electrons. The lowest BCUT2D eigenvalue weighted by atomic mass is 10.2. The average Bonchev–Trinajstić information content (AvgIpc) is 3.06. The Kier molecular flexibility index (Phi) is 6.68. The molecular formula is C16H19N3O3S. The number of esters is 1. The van der Waals surface area contributed by atoms with Gasteiger partial charge in [0.1, 0.15) is 0 Å². The molecule has 0 aliphatic rings. The van der Waals surface area contributed by atoms with E-state index in [2.05, 4.69) is 20.0 Å². The molecule has 0 aliphatic heterocycles. The number of carbonyl (C=O) groups excluding carboxylic acids is 2. The highest BCUT2D eigenvalue weighted by Gasteiger charge is 2.07. The average molecular weight is 333 g/mol. The van der Waals surface area contributed by atoms with Crippen LogP contribution in [0.1, 0.15) is 12.8 Å². The molecule has 0 fully saturated rings. The van der Waals surface area contributed by atoms with Crippen molar-refractivity contribution >= 4 is 23.6 Å². The molecule has 1 heterocycles. The number of rotatable bonds is 8. The number of amides is 1. The number of aromatic amines is 1. The predicted molar refractivity (Wildman–Crippen MR) is 89.0 cm³/mol. The van der Waals surface area contributed by atoms with Gasteiger partial charge in [0.25, 0.3) is 0 Å². The zero-order valence-corrected chi connectivity index (χ0v) is 13.7. The summed E-state index contributed by atoms with van der Waals surface area (Å²) in [5, 5.41) is 3.46. The van der Waals surface area contributed by atoms with Gasteiger partial charge in [0.15, 0.2) is 5.16 Å². The number of methoxy groups -OCH3 is 1. The summed E-state index contributed by atoms with van der Waals surface area (Å²) in [6.07, 6.45) is 2.64. The monoisotopic (exact) mass is 333 g/mol. The van der Waals surface area contributed by atoms with Gasteiger partial charge in [0, 0.05) is 13.0 Å². The maximum Gasteiger partial charge on any atom is 0.305 e. The van der Waals surface area contributed by atoms with Crippen molar-refractivity contribution in [3.05, 3.63) is 36.5 Å². The summed E-state index contributed by atoms with van der Waals surface area (Å²) >= 11 is 1.34. The first-order valence-corrected chi connectivity index (χ1v) is 8.24. The highest BCUT2D eigenvalue weighted by molar-refractivity contribution is 7.99. The van der Waals surface area contributed by atoms with E-state index in [4.69, 9.17) is 0 Å². The van der Waals surface area contributed by atoms with Crippen LogP contribution in [-0.2, 0) is 14.3 Å². The minimum atomic E-state index is -0.266. The minimum Gasteiger partial charge on any atom is -0.469 e. The Morgan fingerprint density at radius 2 is 2.09 bits per heavy atom. The molecule has 0 aliphatic carbocycles. The molecule has 0 saturated heterocycles. The van der Waals surface area contributed by atoms with Crippen molar-refractivity contribution in [1.29, 1.82) is 0 Å². The summed E-state index contributed by atoms with van der Waals surface area (Å²) in [5.41, 5.74) is 1.98. The van der Waals surface area contributed by atoms with E-state index in [9.17, 15) is 9.59 Å². The number of thioether (sulfide) groups is 1. The number of carbonyl (C=O) groups is 2. The van der Waals surface area contributed by atoms with Crippen LogP contribution < -0.4 is 5.32 Å². The number of imidazole rings is 1. The first-order valence-electron chi connectivity index (χ1n) is 7.26. The number of hydrogen-bond acceptors (Lipinski definition) is 5. The van der Waals surface area contributed by atoms with E-state index in [0.29, 0.717) is 24.5 Å². The summed E-state index contributed by atoms with van der Waals surface area (Å²) < 4.78 is 4.53. The molecule has 0 bridgehead atoms. The zero-order chi connectivity index (χ0) is 16.5. The third-order valence-corrected chi connectivity index (χ3v) is 3.97. The topological polar surface area (TPSA) is 84.1 Å². The number of H-pyrrole nitrogens is 1. The molecular weight excluding hydrogens is 314 g/mol. The van der Waals surface area contributed by atoms with Crippen molar-refractivity contribution in [3.8, 4) is 11.3 Å². The van der Waals surface area contributed by atoms with Gasteiger partial charge in [-0.15, -0.1) is 0 Å². The Hall–Kier alpha value is -2.28. The van der Waals surface area contributed by atoms with Crippen LogP contribution in [0.2, 0.25) is 0 Å². The Bertz CT molecular complexity index is 643. The van der Waals surface area contributed by atoms with Crippen molar-refractivity contribution in [2.45, 2.75) is 18.0 Å². The lowest BCUT2D eigenvalue weighted by Crippen LogP contribution is -2.26. The first-order chi connectivity index (χ1) is 11.2. The molecule has 1 aromatic carbocycles. The molecule has 0 atom stereocenters. The Labute approximate surface area is 139 Å². The van der Waals surface area contributed by atoms with Crippen molar-refractivity contribution in [2.24, 2.45) is 0 Å². The summed E-state index contributed by atoms with van der Waals surface area (Å²) in [6, 6.07) is 9.88. The number of benzene rings is 1. The zero-order valence-electron chi connectivity index (χ0n) is 12.9. The van der Waals surface area contributed by atoms with E-state index in [1.807, 2.05) is 30.3 Å². The summed E-state index contributed by atoms with van der Waals surface area (Å²) in [5.74, 6) is -0.0739. The van der Waals surface area contributed by atoms with E-state index in [-0.39, 0.29) is 17.6 Å². The Morgan fingerprint density at radius 3 is 2.83 bits per heavy atom. The van der Waals surface area contributed by atoms with Crippen LogP contribution in [0.15, 0.2) is 41.7 Å². The van der Waals surface area contributed by atoms with Gasteiger partial charge in [-0.2, -0.15) is 0 Å². The van der Waals surface area contributed by atoms with Crippen LogP contribution >= 0.6 is 11.8 Å². The second-order valence-electron chi connectivity index (χ2n) is 4.79. The molecule has 7 heteroatoms. The molecule has 0 radical (unpaired) electrons. The number of nitrogens with zero attached hydrogens (tertiary/aromatic N) is 1. The third kappa shape index (κ3) is 5.78. The molecule has 2 N–H and O–H groups in total. The molecule has 0 saturated carbocycles. The Balaban J connectivity index is 1.71. The first kappa shape index (κ1) is 17.1. The fourth-order valence-corrected chi connectivity index (χ4v) is 2.57. The summed E-state index contributed by atoms with van der Waals surface area (Å²) in [6.45, 7) is 0.460. The van der Waals surface area contributed by atoms with Gasteiger partial charge in [-0.3, -0.25) is 9.59 Å². The van der Waals surface area contributed by atoms with Gasteiger partial charge in [-0.1, -0.05) is 42.1 Å². The van der Waals surface area contributed by atoms with E-state index < -0.39 is 0 Å². The fraction of sp³-hybridized carbons (Fsp3) is 0.312. The van der Waals surface area contributed by atoms with Crippen LogP contribution in [-0.4, -0.2) is 41.3 Å². The molecule has 1 aromatic heterocycles. The van der Waals surface area contributed by atoms with E-state index in [1.54, 1.807) is 6.20 Å². The van der Waals surface area contributed by atoms with Crippen LogP contribution in [0.25, 0.3) is 11.3 Å². The molecule has 0 unspecified atom stereocenters. The highest BCUT2D eigenvalue weighted by Crippen LogP contribution is 2.20. The molecule has 1 amide bonds. The number of ether oxygens (including phenoxy) is 1. The van der Waals surface area contributed by atoms with Crippen LogP contribution in [0.5, 0.6) is 0 Å². The van der Waals surface area contributed by atoms with Crippen molar-refractivity contribution in [3.63, 3.8) is 0 Å². The standard InChI is InChI=1S/C16H19N3O3S/c1-22-15(21)8-5-9-17-14(20)11-23-16-18-10-13(19-16)12-6-3-2-4-7-12/h2-4,6-7,10H,5,8-9,11H2,1H3,(H,17,20)(H,18,19). The molecule has 2 rings (SSSR count). The normalized spacial score (nSPS) is 10.3. The maximum absolute atomic E-state index is 11.7. The van der Waals surface area contributed by atoms with Gasteiger partial charge >= 0.3 is 5.97 Å². The number of nitrogens with one attached hydrogen (secondary N) is 2. The van der Waals surface area contributed by atoms with Crippen molar-refractivity contribution < 1.29 is 14.3 Å². The number of hydrogen-bond donors (Lipinski definition) is 2. The van der Waals surface area contributed by atoms with Gasteiger partial charge < -0.3 is 15.0 Å². The lowest BCUT2D eigenvalue weighted by molar-refractivity contribution is -0.140. The maximum atomic E-state index is 11.7. The molecule has 2 aromatic rings. The van der Waals surface area contributed by atoms with Crippen LogP contribution in [0, 0.1) is 0 Å². The second kappa shape index (κ2) is 8.99. The minimum absolute atomic E-state index is 0.0856. The van der Waals surface area contributed by atoms with Gasteiger partial charge in [0.05, 0.1) is 24.8 Å². The molecule has 23 heavy (non-hydrogen) atoms. The van der Waals surface area contributed by atoms with E-state index in [0.717, 1.165) is 11.3 Å². The lowest BCUT2D eigenvalue weighted by Gasteiger charge is -2.03. The smallest absolute Gasteiger partial charge is 0.305 e. The van der Waals surface area contributed by atoms with E-state index in [1.165, 1.54) is 18.9 Å². The second-order valence-corrected chi connectivity index (χ2v) is 5.75. The van der Waals surface area contributed by atoms with Gasteiger partial charge in [-0.05, 0) is 12.0 Å². The van der Waals surface area contributed by atoms with E-state index >= 15 is 0 Å². The largest absolute Gasteiger partial charge is 0.469 e. The number of aromatic nitrogens is 2. The third-order valence-electron chi connectivity index (χ3n) is 3.08. The predicted octanol–water partition coefficient (Wildman–Crippen LogP) is 2.24. The summed E-state index contributed by atoms with van der Waals surface area (Å²) in [4.78, 5) is 30.1. The fourth-order valence-electron chi connectivity index (χ4n) is 1.89.